The van der Waals surface area contributed by atoms with Gasteiger partial charge in [-0.3, -0.25) is 19.7 Å². The second-order valence-corrected chi connectivity index (χ2v) is 4.92. The number of carboxylic acids is 1. The number of nitro groups is 1. The lowest BCUT2D eigenvalue weighted by atomic mass is 10.1. The number of amides is 1. The first-order valence-electron chi connectivity index (χ1n) is 6.05. The van der Waals surface area contributed by atoms with Crippen LogP contribution in [0.25, 0.3) is 0 Å². The number of carboxylic acid groups (broad SMARTS) is 1. The number of carbonyl (C=O) groups is 2. The quantitative estimate of drug-likeness (QED) is 0.502. The van der Waals surface area contributed by atoms with E-state index in [2.05, 4.69) is 5.32 Å². The molecule has 0 spiro atoms. The molecule has 1 aromatic rings. The first kappa shape index (κ1) is 15.0. The Bertz CT molecular complexity index is 643. The van der Waals surface area contributed by atoms with Crippen molar-refractivity contribution in [2.75, 3.05) is 0 Å². The number of rotatable bonds is 4. The zero-order valence-electron chi connectivity index (χ0n) is 10.7. The van der Waals surface area contributed by atoms with Crippen LogP contribution < -0.4 is 5.32 Å². The molecule has 1 aliphatic carbocycles. The number of carbonyl (C=O) groups excluding carboxylic acids is 1. The van der Waals surface area contributed by atoms with E-state index < -0.39 is 28.8 Å². The predicted octanol–water partition coefficient (Wildman–Crippen LogP) is 2.01. The van der Waals surface area contributed by atoms with E-state index in [1.807, 2.05) is 0 Å². The van der Waals surface area contributed by atoms with Crippen LogP contribution in [-0.4, -0.2) is 27.9 Å². The second kappa shape index (κ2) is 5.92. The van der Waals surface area contributed by atoms with Crippen LogP contribution >= 0.6 is 11.6 Å². The number of hydrogen-bond acceptors (Lipinski definition) is 4. The van der Waals surface area contributed by atoms with Gasteiger partial charge in [0.15, 0.2) is 0 Å². The molecule has 1 aliphatic rings. The van der Waals surface area contributed by atoms with Gasteiger partial charge in [0.2, 0.25) is 0 Å². The van der Waals surface area contributed by atoms with Gasteiger partial charge in [-0.15, -0.1) is 0 Å². The summed E-state index contributed by atoms with van der Waals surface area (Å²) in [5.41, 5.74) is -0.368. The second-order valence-electron chi connectivity index (χ2n) is 4.54. The van der Waals surface area contributed by atoms with Crippen molar-refractivity contribution in [3.8, 4) is 0 Å². The molecule has 0 aromatic heterocycles. The Balaban J connectivity index is 2.12. The van der Waals surface area contributed by atoms with E-state index in [4.69, 9.17) is 16.7 Å². The van der Waals surface area contributed by atoms with Crippen molar-refractivity contribution in [3.05, 3.63) is 51.1 Å². The zero-order valence-corrected chi connectivity index (χ0v) is 11.4. The third-order valence-corrected chi connectivity index (χ3v) is 3.53. The van der Waals surface area contributed by atoms with Crippen molar-refractivity contribution in [1.82, 2.24) is 5.32 Å². The average molecular weight is 311 g/mol. The summed E-state index contributed by atoms with van der Waals surface area (Å²) in [6, 6.07) is 3.50. The van der Waals surface area contributed by atoms with Crippen LogP contribution in [0.2, 0.25) is 5.02 Å². The fraction of sp³-hybridized carbons (Fsp3) is 0.231. The summed E-state index contributed by atoms with van der Waals surface area (Å²) in [4.78, 5) is 33.0. The summed E-state index contributed by atoms with van der Waals surface area (Å²) >= 11 is 5.85. The van der Waals surface area contributed by atoms with Crippen LogP contribution in [0, 0.1) is 16.0 Å². The molecule has 1 aromatic carbocycles. The van der Waals surface area contributed by atoms with E-state index in [0.717, 1.165) is 0 Å². The summed E-state index contributed by atoms with van der Waals surface area (Å²) in [5.74, 6) is -2.18. The first-order chi connectivity index (χ1) is 9.90. The molecule has 0 saturated carbocycles. The Morgan fingerprint density at radius 2 is 2.10 bits per heavy atom. The SMILES string of the molecule is O=C(NC1C=CC(C(=O)O)C1)c1cccc([N+](=O)[O-])c1Cl. The molecule has 8 heteroatoms. The van der Waals surface area contributed by atoms with Crippen LogP contribution in [0.1, 0.15) is 16.8 Å². The van der Waals surface area contributed by atoms with Gasteiger partial charge in [-0.05, 0) is 12.5 Å². The molecule has 0 aliphatic heterocycles. The van der Waals surface area contributed by atoms with Crippen molar-refractivity contribution < 1.29 is 19.6 Å². The molecule has 2 atom stereocenters. The van der Waals surface area contributed by atoms with Gasteiger partial charge in [0.1, 0.15) is 5.02 Å². The molecule has 0 bridgehead atoms. The van der Waals surface area contributed by atoms with E-state index in [-0.39, 0.29) is 22.7 Å². The van der Waals surface area contributed by atoms with Gasteiger partial charge in [-0.25, -0.2) is 0 Å². The zero-order chi connectivity index (χ0) is 15.6. The molecule has 0 fully saturated rings. The Labute approximate surface area is 124 Å². The summed E-state index contributed by atoms with van der Waals surface area (Å²) in [6.45, 7) is 0. The van der Waals surface area contributed by atoms with Crippen molar-refractivity contribution in [1.29, 1.82) is 0 Å². The van der Waals surface area contributed by atoms with Gasteiger partial charge < -0.3 is 10.4 Å². The highest BCUT2D eigenvalue weighted by Gasteiger charge is 2.27. The summed E-state index contributed by atoms with van der Waals surface area (Å²) in [5, 5.41) is 22.0. The van der Waals surface area contributed by atoms with Crippen LogP contribution in [0.4, 0.5) is 5.69 Å². The van der Waals surface area contributed by atoms with Crippen molar-refractivity contribution in [2.45, 2.75) is 12.5 Å². The Hall–Kier alpha value is -2.41. The van der Waals surface area contributed by atoms with E-state index >= 15 is 0 Å². The first-order valence-corrected chi connectivity index (χ1v) is 6.43. The predicted molar refractivity (Wildman–Crippen MR) is 74.2 cm³/mol. The highest BCUT2D eigenvalue weighted by atomic mass is 35.5. The molecule has 1 amide bonds. The highest BCUT2D eigenvalue weighted by molar-refractivity contribution is 6.35. The molecule has 7 nitrogen and oxygen atoms in total. The van der Waals surface area contributed by atoms with E-state index in [9.17, 15) is 19.7 Å². The maximum Gasteiger partial charge on any atom is 0.310 e. The van der Waals surface area contributed by atoms with Crippen molar-refractivity contribution >= 4 is 29.2 Å². The minimum Gasteiger partial charge on any atom is -0.481 e. The minimum absolute atomic E-state index is 0.0157. The van der Waals surface area contributed by atoms with Gasteiger partial charge in [0.05, 0.1) is 16.4 Å². The van der Waals surface area contributed by atoms with E-state index in [0.29, 0.717) is 0 Å². The molecule has 2 N–H and O–H groups in total. The minimum atomic E-state index is -0.962. The Morgan fingerprint density at radius 1 is 1.38 bits per heavy atom. The van der Waals surface area contributed by atoms with Crippen molar-refractivity contribution in [3.63, 3.8) is 0 Å². The maximum absolute atomic E-state index is 12.1. The number of nitrogens with one attached hydrogen (secondary N) is 1. The Morgan fingerprint density at radius 3 is 2.67 bits per heavy atom. The molecule has 110 valence electrons. The molecule has 21 heavy (non-hydrogen) atoms. The summed E-state index contributed by atoms with van der Waals surface area (Å²) in [6.07, 6.45) is 3.33. The molecule has 2 unspecified atom stereocenters. The number of benzene rings is 1. The monoisotopic (exact) mass is 310 g/mol. The lowest BCUT2D eigenvalue weighted by molar-refractivity contribution is -0.384. The van der Waals surface area contributed by atoms with Gasteiger partial charge in [-0.1, -0.05) is 29.8 Å². The standard InChI is InChI=1S/C13H11ClN2O5/c14-11-9(2-1-3-10(11)16(20)21)12(17)15-8-5-4-7(6-8)13(18)19/h1-5,7-8H,6H2,(H,15,17)(H,18,19). The van der Waals surface area contributed by atoms with Gasteiger partial charge in [0.25, 0.3) is 11.6 Å². The highest BCUT2D eigenvalue weighted by Crippen LogP contribution is 2.28. The number of nitro benzene ring substituents is 1. The fourth-order valence-electron chi connectivity index (χ4n) is 2.07. The molecule has 0 radical (unpaired) electrons. The fourth-order valence-corrected chi connectivity index (χ4v) is 2.35. The molecule has 2 rings (SSSR count). The van der Waals surface area contributed by atoms with Gasteiger partial charge in [0, 0.05) is 12.1 Å². The van der Waals surface area contributed by atoms with Crippen LogP contribution in [0.5, 0.6) is 0 Å². The van der Waals surface area contributed by atoms with Gasteiger partial charge >= 0.3 is 5.97 Å². The number of nitrogens with zero attached hydrogens (tertiary/aromatic N) is 1. The molecule has 0 saturated heterocycles. The molecular weight excluding hydrogens is 300 g/mol. The van der Waals surface area contributed by atoms with Crippen molar-refractivity contribution in [2.24, 2.45) is 5.92 Å². The van der Waals surface area contributed by atoms with Crippen LogP contribution in [-0.2, 0) is 4.79 Å². The number of aliphatic carboxylic acids is 1. The van der Waals surface area contributed by atoms with Gasteiger partial charge in [-0.2, -0.15) is 0 Å². The third kappa shape index (κ3) is 3.19. The maximum atomic E-state index is 12.1. The normalized spacial score (nSPS) is 20.2. The topological polar surface area (TPSA) is 110 Å². The summed E-state index contributed by atoms with van der Waals surface area (Å²) < 4.78 is 0. The smallest absolute Gasteiger partial charge is 0.310 e. The number of halogens is 1. The van der Waals surface area contributed by atoms with Crippen LogP contribution in [0.15, 0.2) is 30.4 Å². The number of hydrogen-bond donors (Lipinski definition) is 2. The Kier molecular flexibility index (Phi) is 4.23. The summed E-state index contributed by atoms with van der Waals surface area (Å²) in [7, 11) is 0. The van der Waals surface area contributed by atoms with E-state index in [1.54, 1.807) is 6.08 Å². The average Bonchev–Trinajstić information content (AvgIpc) is 2.87. The third-order valence-electron chi connectivity index (χ3n) is 3.14. The van der Waals surface area contributed by atoms with E-state index in [1.165, 1.54) is 24.3 Å². The van der Waals surface area contributed by atoms with Crippen LogP contribution in [0.3, 0.4) is 0 Å². The molecule has 0 heterocycles. The lowest BCUT2D eigenvalue weighted by Gasteiger charge is -2.12. The molecular formula is C13H11ClN2O5. The largest absolute Gasteiger partial charge is 0.481 e. The lowest BCUT2D eigenvalue weighted by Crippen LogP contribution is -2.33.